The Bertz CT molecular complexity index is 1180. The van der Waals surface area contributed by atoms with Gasteiger partial charge in [-0.25, -0.2) is 14.0 Å². The molecule has 1 unspecified atom stereocenters. The second-order valence-corrected chi connectivity index (χ2v) is 8.70. The number of halogens is 1. The third kappa shape index (κ3) is 3.82. The molecule has 1 aliphatic carbocycles. The van der Waals surface area contributed by atoms with Gasteiger partial charge in [0.15, 0.2) is 0 Å². The topological polar surface area (TPSA) is 84.9 Å². The molecular formula is C26H24FNO5. The molecule has 0 aromatic heterocycles. The number of hydrogen-bond donors (Lipinski definition) is 2. The van der Waals surface area contributed by atoms with Crippen molar-refractivity contribution >= 4 is 11.9 Å². The molecule has 0 saturated heterocycles. The number of carboxylic acids is 1. The summed E-state index contributed by atoms with van der Waals surface area (Å²) in [5.74, 6) is -3.11. The molecule has 170 valence electrons. The Kier molecular flexibility index (Phi) is 5.50. The lowest BCUT2D eigenvalue weighted by atomic mass is 9.71. The fourth-order valence-electron chi connectivity index (χ4n) is 5.02. The number of cyclic esters (lactones) is 1. The van der Waals surface area contributed by atoms with E-state index in [0.717, 1.165) is 5.56 Å². The first-order valence-electron chi connectivity index (χ1n) is 11.0. The quantitative estimate of drug-likeness (QED) is 0.645. The lowest BCUT2D eigenvalue weighted by Gasteiger charge is -2.38. The molecule has 2 heterocycles. The van der Waals surface area contributed by atoms with E-state index in [0.29, 0.717) is 42.0 Å². The van der Waals surface area contributed by atoms with E-state index in [9.17, 15) is 14.7 Å². The summed E-state index contributed by atoms with van der Waals surface area (Å²) >= 11 is 0. The van der Waals surface area contributed by atoms with E-state index < -0.39 is 23.7 Å². The average Bonchev–Trinajstić information content (AvgIpc) is 3.13. The van der Waals surface area contributed by atoms with Gasteiger partial charge < -0.3 is 19.9 Å². The molecule has 0 spiro atoms. The van der Waals surface area contributed by atoms with Crippen LogP contribution < -0.4 is 5.32 Å². The normalized spacial score (nSPS) is 24.2. The van der Waals surface area contributed by atoms with E-state index in [2.05, 4.69) is 5.32 Å². The molecule has 2 aromatic carbocycles. The average molecular weight is 449 g/mol. The van der Waals surface area contributed by atoms with Crippen molar-refractivity contribution in [2.24, 2.45) is 0 Å². The van der Waals surface area contributed by atoms with Gasteiger partial charge >= 0.3 is 11.9 Å². The summed E-state index contributed by atoms with van der Waals surface area (Å²) in [4.78, 5) is 24.7. The van der Waals surface area contributed by atoms with Crippen molar-refractivity contribution in [1.29, 1.82) is 0 Å². The smallest absolute Gasteiger partial charge is 0.337 e. The molecule has 6 nitrogen and oxygen atoms in total. The van der Waals surface area contributed by atoms with Crippen molar-refractivity contribution in [1.82, 2.24) is 5.32 Å². The minimum absolute atomic E-state index is 0.00173. The second-order valence-electron chi connectivity index (χ2n) is 8.70. The van der Waals surface area contributed by atoms with E-state index in [1.807, 2.05) is 30.3 Å². The van der Waals surface area contributed by atoms with Crippen molar-refractivity contribution in [2.75, 3.05) is 6.61 Å². The Hall–Kier alpha value is -3.45. The van der Waals surface area contributed by atoms with Gasteiger partial charge in [-0.2, -0.15) is 0 Å². The van der Waals surface area contributed by atoms with Crippen LogP contribution in [0.5, 0.6) is 0 Å². The first-order chi connectivity index (χ1) is 15.9. The molecule has 2 N–H and O–H groups in total. The summed E-state index contributed by atoms with van der Waals surface area (Å²) in [6.07, 6.45) is 1.26. The molecule has 0 amide bonds. The zero-order valence-corrected chi connectivity index (χ0v) is 18.1. The zero-order chi connectivity index (χ0) is 23.1. The lowest BCUT2D eigenvalue weighted by molar-refractivity contribution is -0.136. The van der Waals surface area contributed by atoms with Crippen LogP contribution in [0.1, 0.15) is 48.3 Å². The van der Waals surface area contributed by atoms with Gasteiger partial charge in [0, 0.05) is 5.70 Å². The number of carbonyl (C=O) groups is 2. The summed E-state index contributed by atoms with van der Waals surface area (Å²) in [6.45, 7) is 2.20. The van der Waals surface area contributed by atoms with Crippen molar-refractivity contribution < 1.29 is 28.6 Å². The van der Waals surface area contributed by atoms with Crippen LogP contribution in [0.3, 0.4) is 0 Å². The van der Waals surface area contributed by atoms with Crippen LogP contribution in [0.4, 0.5) is 4.39 Å². The highest BCUT2D eigenvalue weighted by Gasteiger charge is 2.44. The molecule has 33 heavy (non-hydrogen) atoms. The molecular weight excluding hydrogens is 425 g/mol. The molecule has 1 fully saturated rings. The van der Waals surface area contributed by atoms with Crippen molar-refractivity contribution in [2.45, 2.75) is 44.3 Å². The Morgan fingerprint density at radius 2 is 1.94 bits per heavy atom. The summed E-state index contributed by atoms with van der Waals surface area (Å²) in [7, 11) is 0. The molecule has 2 aliphatic heterocycles. The Labute approximate surface area is 190 Å². The fraction of sp³-hybridized carbons (Fsp3) is 0.308. The highest BCUT2D eigenvalue weighted by molar-refractivity contribution is 6.00. The minimum atomic E-state index is -1.15. The fourth-order valence-corrected chi connectivity index (χ4v) is 5.02. The minimum Gasteiger partial charge on any atom is -0.478 e. The van der Waals surface area contributed by atoms with Crippen LogP contribution in [-0.2, 0) is 25.7 Å². The van der Waals surface area contributed by atoms with Crippen LogP contribution in [0.2, 0.25) is 0 Å². The first-order valence-corrected chi connectivity index (χ1v) is 11.0. The van der Waals surface area contributed by atoms with Gasteiger partial charge in [-0.3, -0.25) is 0 Å². The summed E-state index contributed by atoms with van der Waals surface area (Å²) in [5, 5.41) is 12.9. The van der Waals surface area contributed by atoms with Gasteiger partial charge in [-0.1, -0.05) is 42.5 Å². The Balaban J connectivity index is 1.44. The van der Waals surface area contributed by atoms with Gasteiger partial charge in [-0.15, -0.1) is 0 Å². The lowest BCUT2D eigenvalue weighted by Crippen LogP contribution is -2.33. The number of benzene rings is 2. The summed E-state index contributed by atoms with van der Waals surface area (Å²) in [5.41, 5.74) is 3.30. The molecule has 5 rings (SSSR count). The molecule has 3 aliphatic rings. The molecule has 0 bridgehead atoms. The van der Waals surface area contributed by atoms with Crippen LogP contribution >= 0.6 is 0 Å². The molecule has 0 radical (unpaired) electrons. The molecule has 1 saturated carbocycles. The zero-order valence-electron chi connectivity index (χ0n) is 18.1. The predicted molar refractivity (Wildman–Crippen MR) is 118 cm³/mol. The van der Waals surface area contributed by atoms with E-state index >= 15 is 4.39 Å². The van der Waals surface area contributed by atoms with Gasteiger partial charge in [0.2, 0.25) is 0 Å². The maximum absolute atomic E-state index is 15.2. The highest BCUT2D eigenvalue weighted by Crippen LogP contribution is 2.48. The number of rotatable bonds is 6. The largest absolute Gasteiger partial charge is 0.478 e. The van der Waals surface area contributed by atoms with Crippen LogP contribution in [0, 0.1) is 5.82 Å². The van der Waals surface area contributed by atoms with E-state index in [4.69, 9.17) is 9.47 Å². The number of allylic oxidation sites excluding steroid dienone is 1. The molecule has 2 aromatic rings. The number of hydrogen-bond acceptors (Lipinski definition) is 5. The Morgan fingerprint density at radius 1 is 1.18 bits per heavy atom. The number of aliphatic carboxylic acids is 1. The summed E-state index contributed by atoms with van der Waals surface area (Å²) in [6, 6.07) is 14.5. The van der Waals surface area contributed by atoms with E-state index in [1.54, 1.807) is 19.1 Å². The van der Waals surface area contributed by atoms with Crippen molar-refractivity contribution in [3.8, 4) is 0 Å². The Morgan fingerprint density at radius 3 is 2.67 bits per heavy atom. The SMILES string of the molecule is CC1=C(C(=O)O)C(c2cccc(F)c2C2CC(OCc3ccccc3)C2)C2=C(COC2=O)N1. The van der Waals surface area contributed by atoms with Gasteiger partial charge in [0.25, 0.3) is 0 Å². The number of carbonyl (C=O) groups excluding carboxylic acids is 1. The van der Waals surface area contributed by atoms with Crippen LogP contribution in [0.25, 0.3) is 0 Å². The van der Waals surface area contributed by atoms with E-state index in [1.165, 1.54) is 6.07 Å². The summed E-state index contributed by atoms with van der Waals surface area (Å²) < 4.78 is 26.3. The van der Waals surface area contributed by atoms with E-state index in [-0.39, 0.29) is 29.8 Å². The van der Waals surface area contributed by atoms with Crippen LogP contribution in [-0.4, -0.2) is 29.8 Å². The molecule has 1 atom stereocenters. The standard InChI is InChI=1S/C26H24FNO5/c1-14-21(25(29)30)23(24-20(28-14)13-33-26(24)31)18-8-5-9-19(27)22(18)16-10-17(11-16)32-12-15-6-3-2-4-7-15/h2-9,16-17,23,28H,10-13H2,1H3,(H,29,30). The number of esters is 1. The van der Waals surface area contributed by atoms with Gasteiger partial charge in [-0.05, 0) is 48.4 Å². The monoisotopic (exact) mass is 449 g/mol. The first kappa shape index (κ1) is 21.4. The highest BCUT2D eigenvalue weighted by atomic mass is 19.1. The molecule has 7 heteroatoms. The third-order valence-corrected chi connectivity index (χ3v) is 6.67. The number of ether oxygens (including phenoxy) is 2. The third-order valence-electron chi connectivity index (χ3n) is 6.67. The second kappa shape index (κ2) is 8.48. The van der Waals surface area contributed by atoms with Crippen LogP contribution in [0.15, 0.2) is 71.1 Å². The maximum atomic E-state index is 15.2. The predicted octanol–water partition coefficient (Wildman–Crippen LogP) is 4.14. The van der Waals surface area contributed by atoms with Crippen molar-refractivity contribution in [3.63, 3.8) is 0 Å². The maximum Gasteiger partial charge on any atom is 0.337 e. The van der Waals surface area contributed by atoms with Gasteiger partial charge in [0.1, 0.15) is 12.4 Å². The number of carboxylic acid groups (broad SMARTS) is 1. The number of nitrogens with one attached hydrogen (secondary N) is 1. The number of dihydropyridines is 1. The van der Waals surface area contributed by atoms with Crippen molar-refractivity contribution in [3.05, 3.63) is 93.6 Å². The van der Waals surface area contributed by atoms with Gasteiger partial charge in [0.05, 0.1) is 35.5 Å².